The van der Waals surface area contributed by atoms with Gasteiger partial charge in [-0.15, -0.1) is 0 Å². The van der Waals surface area contributed by atoms with Crippen LogP contribution in [0.15, 0.2) is 47.4 Å². The van der Waals surface area contributed by atoms with Crippen LogP contribution in [0.25, 0.3) is 0 Å². The molecule has 0 bridgehead atoms. The molecule has 1 amide bonds. The van der Waals surface area contributed by atoms with Crippen LogP contribution in [0.3, 0.4) is 0 Å². The van der Waals surface area contributed by atoms with Crippen LogP contribution in [0.1, 0.15) is 42.1 Å². The topological polar surface area (TPSA) is 75.7 Å². The van der Waals surface area contributed by atoms with E-state index in [2.05, 4.69) is 12.2 Å². The molecule has 1 aliphatic heterocycles. The quantitative estimate of drug-likeness (QED) is 0.800. The van der Waals surface area contributed by atoms with Gasteiger partial charge in [0.1, 0.15) is 10.6 Å². The number of nitrogens with zero attached hydrogens (tertiary/aromatic N) is 1. The summed E-state index contributed by atoms with van der Waals surface area (Å²) in [4.78, 5) is 12.6. The third-order valence-electron chi connectivity index (χ3n) is 4.98. The molecule has 2 aromatic rings. The lowest BCUT2D eigenvalue weighted by Crippen LogP contribution is -2.35. The average Bonchev–Trinajstić information content (AvgIpc) is 2.74. The first kappa shape index (κ1) is 20.4. The smallest absolute Gasteiger partial charge is 0.255 e. The van der Waals surface area contributed by atoms with Gasteiger partial charge in [0, 0.05) is 24.3 Å². The van der Waals surface area contributed by atoms with Crippen LogP contribution >= 0.6 is 0 Å². The van der Waals surface area contributed by atoms with Crippen molar-refractivity contribution in [3.05, 3.63) is 53.6 Å². The largest absolute Gasteiger partial charge is 0.495 e. The van der Waals surface area contributed by atoms with E-state index in [0.717, 1.165) is 31.2 Å². The van der Waals surface area contributed by atoms with Crippen LogP contribution in [0, 0.1) is 0 Å². The van der Waals surface area contributed by atoms with E-state index in [4.69, 9.17) is 4.74 Å². The minimum absolute atomic E-state index is 0.0797. The molecule has 1 aliphatic rings. The lowest BCUT2D eigenvalue weighted by molar-refractivity contribution is 0.102. The van der Waals surface area contributed by atoms with Crippen molar-refractivity contribution in [3.8, 4) is 5.75 Å². The third kappa shape index (κ3) is 4.36. The second-order valence-electron chi connectivity index (χ2n) is 6.83. The average molecular weight is 403 g/mol. The maximum atomic E-state index is 13.1. The summed E-state index contributed by atoms with van der Waals surface area (Å²) in [5.41, 5.74) is 2.09. The monoisotopic (exact) mass is 402 g/mol. The van der Waals surface area contributed by atoms with E-state index in [-0.39, 0.29) is 16.6 Å². The SMILES string of the molecule is CCc1ccc(C(=O)Nc2ccc(OC)c(S(=O)(=O)N3CCCCC3)c2)cc1. The number of anilines is 1. The van der Waals surface area contributed by atoms with Crippen molar-refractivity contribution in [2.75, 3.05) is 25.5 Å². The second kappa shape index (κ2) is 8.75. The molecule has 0 aliphatic carbocycles. The molecule has 2 aromatic carbocycles. The van der Waals surface area contributed by atoms with Gasteiger partial charge in [0.25, 0.3) is 5.91 Å². The Kier molecular flexibility index (Phi) is 6.36. The fraction of sp³-hybridized carbons (Fsp3) is 0.381. The van der Waals surface area contributed by atoms with Gasteiger partial charge in [0.15, 0.2) is 0 Å². The summed E-state index contributed by atoms with van der Waals surface area (Å²) in [5.74, 6) is -0.00925. The summed E-state index contributed by atoms with van der Waals surface area (Å²) in [6.07, 6.45) is 3.64. The van der Waals surface area contributed by atoms with Crippen molar-refractivity contribution in [2.24, 2.45) is 0 Å². The highest BCUT2D eigenvalue weighted by molar-refractivity contribution is 7.89. The third-order valence-corrected chi connectivity index (χ3v) is 6.90. The van der Waals surface area contributed by atoms with Crippen LogP contribution in [0.4, 0.5) is 5.69 Å². The van der Waals surface area contributed by atoms with Gasteiger partial charge >= 0.3 is 0 Å². The van der Waals surface area contributed by atoms with Crippen molar-refractivity contribution in [1.82, 2.24) is 4.31 Å². The number of benzene rings is 2. The molecule has 1 heterocycles. The highest BCUT2D eigenvalue weighted by Crippen LogP contribution is 2.31. The normalized spacial score (nSPS) is 15.2. The maximum Gasteiger partial charge on any atom is 0.255 e. The van der Waals surface area contributed by atoms with Crippen molar-refractivity contribution < 1.29 is 17.9 Å². The molecular formula is C21H26N2O4S. The van der Waals surface area contributed by atoms with Gasteiger partial charge in [-0.25, -0.2) is 8.42 Å². The number of amides is 1. The van der Waals surface area contributed by atoms with Gasteiger partial charge in [-0.3, -0.25) is 4.79 Å². The minimum atomic E-state index is -3.68. The maximum absolute atomic E-state index is 13.1. The number of sulfonamides is 1. The van der Waals surface area contributed by atoms with Gasteiger partial charge < -0.3 is 10.1 Å². The van der Waals surface area contributed by atoms with E-state index >= 15 is 0 Å². The van der Waals surface area contributed by atoms with Crippen molar-refractivity contribution in [2.45, 2.75) is 37.5 Å². The van der Waals surface area contributed by atoms with Crippen LogP contribution in [0.2, 0.25) is 0 Å². The molecule has 0 unspecified atom stereocenters. The van der Waals surface area contributed by atoms with Gasteiger partial charge in [-0.2, -0.15) is 4.31 Å². The number of hydrogen-bond donors (Lipinski definition) is 1. The number of hydrogen-bond acceptors (Lipinski definition) is 4. The molecule has 0 atom stereocenters. The summed E-state index contributed by atoms with van der Waals surface area (Å²) in [7, 11) is -2.24. The van der Waals surface area contributed by atoms with E-state index < -0.39 is 10.0 Å². The number of piperidine rings is 1. The second-order valence-corrected chi connectivity index (χ2v) is 8.74. The Labute approximate surface area is 166 Å². The molecule has 3 rings (SSSR count). The fourth-order valence-electron chi connectivity index (χ4n) is 3.30. The van der Waals surface area contributed by atoms with Gasteiger partial charge in [-0.1, -0.05) is 25.5 Å². The van der Waals surface area contributed by atoms with E-state index in [1.54, 1.807) is 24.3 Å². The standard InChI is InChI=1S/C21H26N2O4S/c1-3-16-7-9-17(10-8-16)21(24)22-18-11-12-19(27-2)20(15-18)28(25,26)23-13-5-4-6-14-23/h7-12,15H,3-6,13-14H2,1-2H3,(H,22,24). The first-order chi connectivity index (χ1) is 13.5. The molecule has 28 heavy (non-hydrogen) atoms. The molecule has 0 spiro atoms. The van der Waals surface area contributed by atoms with E-state index in [9.17, 15) is 13.2 Å². The summed E-state index contributed by atoms with van der Waals surface area (Å²) < 4.78 is 32.9. The van der Waals surface area contributed by atoms with Crippen LogP contribution in [-0.4, -0.2) is 38.8 Å². The van der Waals surface area contributed by atoms with Gasteiger partial charge in [0.2, 0.25) is 10.0 Å². The summed E-state index contributed by atoms with van der Waals surface area (Å²) >= 11 is 0. The predicted octanol–water partition coefficient (Wildman–Crippen LogP) is 3.68. The lowest BCUT2D eigenvalue weighted by Gasteiger charge is -2.26. The Morgan fingerprint density at radius 1 is 1.07 bits per heavy atom. The zero-order valence-electron chi connectivity index (χ0n) is 16.3. The molecule has 1 saturated heterocycles. The predicted molar refractivity (Wildman–Crippen MR) is 109 cm³/mol. The van der Waals surface area contributed by atoms with Crippen LogP contribution in [0.5, 0.6) is 5.75 Å². The number of nitrogens with one attached hydrogen (secondary N) is 1. The number of methoxy groups -OCH3 is 1. The van der Waals surface area contributed by atoms with Crippen molar-refractivity contribution in [1.29, 1.82) is 0 Å². The number of carbonyl (C=O) groups is 1. The molecule has 7 heteroatoms. The minimum Gasteiger partial charge on any atom is -0.495 e. The number of rotatable bonds is 6. The molecule has 0 aromatic heterocycles. The molecular weight excluding hydrogens is 376 g/mol. The van der Waals surface area contributed by atoms with E-state index in [1.165, 1.54) is 17.5 Å². The van der Waals surface area contributed by atoms with Gasteiger partial charge in [-0.05, 0) is 55.2 Å². The first-order valence-electron chi connectivity index (χ1n) is 9.54. The zero-order valence-corrected chi connectivity index (χ0v) is 17.1. The Hall–Kier alpha value is -2.38. The molecule has 1 N–H and O–H groups in total. The Morgan fingerprint density at radius 2 is 1.75 bits per heavy atom. The molecule has 150 valence electrons. The van der Waals surface area contributed by atoms with Crippen LogP contribution < -0.4 is 10.1 Å². The molecule has 0 saturated carbocycles. The van der Waals surface area contributed by atoms with Crippen molar-refractivity contribution in [3.63, 3.8) is 0 Å². The highest BCUT2D eigenvalue weighted by Gasteiger charge is 2.29. The summed E-state index contributed by atoms with van der Waals surface area (Å²) in [6, 6.07) is 12.1. The summed E-state index contributed by atoms with van der Waals surface area (Å²) in [6.45, 7) is 3.06. The number of ether oxygens (including phenoxy) is 1. The molecule has 6 nitrogen and oxygen atoms in total. The lowest BCUT2D eigenvalue weighted by atomic mass is 10.1. The van der Waals surface area contributed by atoms with Crippen LogP contribution in [-0.2, 0) is 16.4 Å². The number of aryl methyl sites for hydroxylation is 1. The summed E-state index contributed by atoms with van der Waals surface area (Å²) in [5, 5.41) is 2.78. The Balaban J connectivity index is 1.86. The zero-order chi connectivity index (χ0) is 20.1. The van der Waals surface area contributed by atoms with Crippen molar-refractivity contribution >= 4 is 21.6 Å². The fourth-order valence-corrected chi connectivity index (χ4v) is 4.99. The Bertz CT molecular complexity index is 933. The van der Waals surface area contributed by atoms with E-state index in [1.807, 2.05) is 12.1 Å². The Morgan fingerprint density at radius 3 is 2.36 bits per heavy atom. The van der Waals surface area contributed by atoms with Gasteiger partial charge in [0.05, 0.1) is 7.11 Å². The molecule has 1 fully saturated rings. The highest BCUT2D eigenvalue weighted by atomic mass is 32.2. The number of carbonyl (C=O) groups excluding carboxylic acids is 1. The molecule has 0 radical (unpaired) electrons. The van der Waals surface area contributed by atoms with E-state index in [0.29, 0.717) is 24.3 Å². The first-order valence-corrected chi connectivity index (χ1v) is 11.0.